The molecule has 1 aromatic rings. The summed E-state index contributed by atoms with van der Waals surface area (Å²) in [4.78, 5) is 41.0. The number of hydrogen-bond donors (Lipinski definition) is 4. The van der Waals surface area contributed by atoms with Crippen LogP contribution in [0.1, 0.15) is 108 Å². The van der Waals surface area contributed by atoms with E-state index in [1.54, 1.807) is 6.92 Å². The van der Waals surface area contributed by atoms with E-state index in [9.17, 15) is 34.8 Å². The third-order valence-electron chi connectivity index (χ3n) is 11.9. The van der Waals surface area contributed by atoms with Crippen molar-refractivity contribution in [1.82, 2.24) is 0 Å². The van der Waals surface area contributed by atoms with Crippen LogP contribution in [0.25, 0.3) is 0 Å². The van der Waals surface area contributed by atoms with E-state index in [1.165, 1.54) is 0 Å². The standard InChI is InChI=1S/C33H42O7/c1-15(2)23-26(36)21(17(4)34)28(38)33(40)29(39)24-27(37)22-19(16(3)31(24,7)18(5)32(23,33)8)11-12-20(25(22)35)30(6)13-9-10-14-30/h11-12,15-16,18,23,35-36,39-40H,9-10,13-14H2,1-8H3/t16-,18-,23?,31-,32-,33+/m1/s1. The molecule has 216 valence electrons. The monoisotopic (exact) mass is 550 g/mol. The van der Waals surface area contributed by atoms with E-state index in [1.807, 2.05) is 46.8 Å². The molecule has 1 unspecified atom stereocenters. The number of carbonyl (C=O) groups excluding carboxylic acids is 3. The van der Waals surface area contributed by atoms with Crippen LogP contribution in [0.15, 0.2) is 34.8 Å². The zero-order chi connectivity index (χ0) is 29.9. The molecule has 4 aliphatic rings. The zero-order valence-corrected chi connectivity index (χ0v) is 24.8. The predicted molar refractivity (Wildman–Crippen MR) is 150 cm³/mol. The van der Waals surface area contributed by atoms with Gasteiger partial charge >= 0.3 is 0 Å². The molecule has 0 bridgehead atoms. The maximum Gasteiger partial charge on any atom is 0.209 e. The quantitative estimate of drug-likeness (QED) is 0.340. The molecule has 1 aromatic carbocycles. The Balaban J connectivity index is 1.85. The summed E-state index contributed by atoms with van der Waals surface area (Å²) in [5.41, 5.74) is -4.63. The number of fused-ring (bicyclic) bond motifs is 3. The molecule has 7 nitrogen and oxygen atoms in total. The maximum atomic E-state index is 14.4. The van der Waals surface area contributed by atoms with E-state index < -0.39 is 62.9 Å². The first-order valence-corrected chi connectivity index (χ1v) is 14.5. The van der Waals surface area contributed by atoms with E-state index in [0.717, 1.165) is 32.6 Å². The molecular weight excluding hydrogens is 508 g/mol. The van der Waals surface area contributed by atoms with Crippen LogP contribution in [0.5, 0.6) is 5.75 Å². The van der Waals surface area contributed by atoms with Gasteiger partial charge in [-0.1, -0.05) is 73.4 Å². The second kappa shape index (κ2) is 8.54. The molecule has 0 amide bonds. The number of aliphatic hydroxyl groups excluding tert-OH is 2. The molecule has 4 aliphatic carbocycles. The molecule has 0 heterocycles. The Morgan fingerprint density at radius 3 is 2.10 bits per heavy atom. The topological polar surface area (TPSA) is 132 Å². The third-order valence-corrected chi connectivity index (χ3v) is 11.9. The molecule has 0 radical (unpaired) electrons. The number of phenols is 1. The van der Waals surface area contributed by atoms with Gasteiger partial charge in [-0.2, -0.15) is 0 Å². The van der Waals surface area contributed by atoms with Crippen LogP contribution in [0, 0.1) is 28.6 Å². The van der Waals surface area contributed by atoms with Gasteiger partial charge in [-0.05, 0) is 48.5 Å². The van der Waals surface area contributed by atoms with E-state index in [4.69, 9.17) is 0 Å². The molecule has 1 fully saturated rings. The highest BCUT2D eigenvalue weighted by atomic mass is 16.3. The highest BCUT2D eigenvalue weighted by molar-refractivity contribution is 6.25. The number of Topliss-reactive ketones (excluding diaryl/α,β-unsaturated/α-hetero) is 3. The number of phenolic OH excluding ortho intramolecular Hbond substituents is 1. The van der Waals surface area contributed by atoms with Gasteiger partial charge in [0.15, 0.2) is 17.2 Å². The summed E-state index contributed by atoms with van der Waals surface area (Å²) in [6, 6.07) is 3.82. The molecule has 0 aliphatic heterocycles. The number of hydrogen-bond acceptors (Lipinski definition) is 7. The number of benzene rings is 1. The molecule has 5 rings (SSSR count). The van der Waals surface area contributed by atoms with Gasteiger partial charge in [0.25, 0.3) is 0 Å². The van der Waals surface area contributed by atoms with E-state index in [0.29, 0.717) is 11.1 Å². The van der Waals surface area contributed by atoms with Crippen LogP contribution in [-0.4, -0.2) is 43.4 Å². The summed E-state index contributed by atoms with van der Waals surface area (Å²) in [5, 5.41) is 47.3. The lowest BCUT2D eigenvalue weighted by Crippen LogP contribution is -2.71. The van der Waals surface area contributed by atoms with Crippen molar-refractivity contribution in [2.45, 2.75) is 98.0 Å². The van der Waals surface area contributed by atoms with Crippen LogP contribution in [0.4, 0.5) is 0 Å². The summed E-state index contributed by atoms with van der Waals surface area (Å²) in [7, 11) is 0. The first-order chi connectivity index (χ1) is 18.4. The minimum atomic E-state index is -2.62. The smallest absolute Gasteiger partial charge is 0.209 e. The van der Waals surface area contributed by atoms with Gasteiger partial charge < -0.3 is 20.4 Å². The number of carbonyl (C=O) groups is 3. The fourth-order valence-electron chi connectivity index (χ4n) is 9.29. The van der Waals surface area contributed by atoms with Crippen molar-refractivity contribution in [2.24, 2.45) is 28.6 Å². The zero-order valence-electron chi connectivity index (χ0n) is 24.8. The Morgan fingerprint density at radius 2 is 1.57 bits per heavy atom. The van der Waals surface area contributed by atoms with E-state index >= 15 is 0 Å². The van der Waals surface area contributed by atoms with Crippen LogP contribution >= 0.6 is 0 Å². The molecule has 0 spiro atoms. The van der Waals surface area contributed by atoms with E-state index in [2.05, 4.69) is 6.92 Å². The number of ketones is 3. The normalized spacial score (nSPS) is 37.0. The van der Waals surface area contributed by atoms with Gasteiger partial charge in [0.05, 0.1) is 5.56 Å². The Morgan fingerprint density at radius 1 is 1.00 bits per heavy atom. The highest BCUT2D eigenvalue weighted by Gasteiger charge is 2.74. The third kappa shape index (κ3) is 3.02. The second-order valence-electron chi connectivity index (χ2n) is 13.8. The molecule has 40 heavy (non-hydrogen) atoms. The molecule has 4 N–H and O–H groups in total. The van der Waals surface area contributed by atoms with Crippen molar-refractivity contribution < 1.29 is 34.8 Å². The number of allylic oxidation sites excluding steroid dienone is 2. The first kappa shape index (κ1) is 28.6. The fraction of sp³-hybridized carbons (Fsp3) is 0.606. The number of rotatable bonds is 3. The minimum absolute atomic E-state index is 0.102. The van der Waals surface area contributed by atoms with Crippen LogP contribution in [0.2, 0.25) is 0 Å². The van der Waals surface area contributed by atoms with Crippen molar-refractivity contribution in [1.29, 1.82) is 0 Å². The Hall–Kier alpha value is -2.93. The Bertz CT molecular complexity index is 1420. The van der Waals surface area contributed by atoms with Gasteiger partial charge in [-0.15, -0.1) is 0 Å². The molecule has 0 aromatic heterocycles. The highest BCUT2D eigenvalue weighted by Crippen LogP contribution is 2.70. The molecule has 6 atom stereocenters. The van der Waals surface area contributed by atoms with Crippen molar-refractivity contribution in [3.8, 4) is 5.75 Å². The maximum absolute atomic E-state index is 14.4. The Labute approximate surface area is 236 Å². The van der Waals surface area contributed by atoms with Crippen molar-refractivity contribution >= 4 is 17.3 Å². The lowest BCUT2D eigenvalue weighted by atomic mass is 9.39. The Kier molecular flexibility index (Phi) is 6.11. The van der Waals surface area contributed by atoms with Crippen LogP contribution in [0.3, 0.4) is 0 Å². The average Bonchev–Trinajstić information content (AvgIpc) is 3.31. The van der Waals surface area contributed by atoms with E-state index in [-0.39, 0.29) is 34.0 Å². The number of aromatic hydroxyl groups is 1. The fourth-order valence-corrected chi connectivity index (χ4v) is 9.29. The largest absolute Gasteiger partial charge is 0.511 e. The minimum Gasteiger partial charge on any atom is -0.511 e. The van der Waals surface area contributed by atoms with Crippen LogP contribution < -0.4 is 0 Å². The molecule has 1 saturated carbocycles. The summed E-state index contributed by atoms with van der Waals surface area (Å²) >= 11 is 0. The van der Waals surface area contributed by atoms with Gasteiger partial charge in [0.1, 0.15) is 22.8 Å². The summed E-state index contributed by atoms with van der Waals surface area (Å²) in [6.45, 7) is 14.2. The van der Waals surface area contributed by atoms with Crippen LogP contribution in [-0.2, 0) is 15.0 Å². The summed E-state index contributed by atoms with van der Waals surface area (Å²) in [6.07, 6.45) is 3.84. The van der Waals surface area contributed by atoms with Gasteiger partial charge in [-0.25, -0.2) is 0 Å². The predicted octanol–water partition coefficient (Wildman–Crippen LogP) is 5.99. The molecule has 7 heteroatoms. The molecule has 0 saturated heterocycles. The summed E-state index contributed by atoms with van der Waals surface area (Å²) in [5.74, 6) is -5.89. The number of aliphatic hydroxyl groups is 3. The van der Waals surface area contributed by atoms with Crippen molar-refractivity contribution in [3.63, 3.8) is 0 Å². The lowest BCUT2D eigenvalue weighted by molar-refractivity contribution is -0.189. The van der Waals surface area contributed by atoms with Gasteiger partial charge in [-0.3, -0.25) is 14.4 Å². The van der Waals surface area contributed by atoms with Gasteiger partial charge in [0, 0.05) is 27.9 Å². The molecular formula is C33H42O7. The SMILES string of the molecule is CC(=O)C1=C(O)C(C(C)C)[C@@]2(C)[C@H](C)[C@]3(C)C(=C(O)[C@@]2(O)C1=O)C(=O)c1c(ccc(C2(C)CCCC2)c1O)[C@H]3C. The van der Waals surface area contributed by atoms with Crippen molar-refractivity contribution in [3.05, 3.63) is 51.5 Å². The summed E-state index contributed by atoms with van der Waals surface area (Å²) < 4.78 is 0. The average molecular weight is 551 g/mol. The van der Waals surface area contributed by atoms with Crippen molar-refractivity contribution in [2.75, 3.05) is 0 Å². The van der Waals surface area contributed by atoms with Gasteiger partial charge in [0.2, 0.25) is 5.78 Å². The lowest BCUT2D eigenvalue weighted by Gasteiger charge is -2.64. The first-order valence-electron chi connectivity index (χ1n) is 14.5. The second-order valence-corrected chi connectivity index (χ2v) is 13.8.